The van der Waals surface area contributed by atoms with Gasteiger partial charge in [-0.25, -0.2) is 9.37 Å². The summed E-state index contributed by atoms with van der Waals surface area (Å²) in [6.45, 7) is 2.02. The molecule has 106 valence electrons. The van der Waals surface area contributed by atoms with E-state index in [0.29, 0.717) is 17.2 Å². The summed E-state index contributed by atoms with van der Waals surface area (Å²) in [6, 6.07) is 9.47. The van der Waals surface area contributed by atoms with Gasteiger partial charge in [-0.15, -0.1) is 0 Å². The van der Waals surface area contributed by atoms with E-state index in [1.807, 2.05) is 19.1 Å². The number of ether oxygens (including phenoxy) is 2. The molecule has 1 heterocycles. The first-order chi connectivity index (χ1) is 9.60. The van der Waals surface area contributed by atoms with Crippen LogP contribution in [0.2, 0.25) is 0 Å². The number of benzene rings is 1. The van der Waals surface area contributed by atoms with E-state index < -0.39 is 11.9 Å². The maximum Gasteiger partial charge on any atom is 0.213 e. The third-order valence-corrected chi connectivity index (χ3v) is 2.88. The van der Waals surface area contributed by atoms with Crippen LogP contribution in [0.3, 0.4) is 0 Å². The molecule has 2 rings (SSSR count). The van der Waals surface area contributed by atoms with E-state index in [4.69, 9.17) is 15.2 Å². The molecule has 0 spiro atoms. The zero-order chi connectivity index (χ0) is 14.5. The third-order valence-electron chi connectivity index (χ3n) is 2.88. The molecule has 1 atom stereocenters. The molecule has 0 saturated carbocycles. The van der Waals surface area contributed by atoms with Gasteiger partial charge in [-0.2, -0.15) is 0 Å². The van der Waals surface area contributed by atoms with E-state index in [1.54, 1.807) is 18.2 Å². The molecule has 2 aromatic rings. The van der Waals surface area contributed by atoms with Gasteiger partial charge in [-0.3, -0.25) is 0 Å². The highest BCUT2D eigenvalue weighted by Crippen LogP contribution is 2.21. The monoisotopic (exact) mass is 276 g/mol. The quantitative estimate of drug-likeness (QED) is 0.912. The Kier molecular flexibility index (Phi) is 4.53. The van der Waals surface area contributed by atoms with Crippen molar-refractivity contribution in [2.75, 3.05) is 13.7 Å². The van der Waals surface area contributed by atoms with E-state index in [0.717, 1.165) is 5.69 Å². The molecule has 1 unspecified atom stereocenters. The fraction of sp³-hybridized carbons (Fsp3) is 0.267. The van der Waals surface area contributed by atoms with Gasteiger partial charge in [0.15, 0.2) is 0 Å². The Morgan fingerprint density at radius 2 is 2.10 bits per heavy atom. The lowest BCUT2D eigenvalue weighted by Crippen LogP contribution is -2.20. The molecule has 0 aliphatic carbocycles. The summed E-state index contributed by atoms with van der Waals surface area (Å²) in [7, 11) is 1.49. The van der Waals surface area contributed by atoms with Gasteiger partial charge in [0.25, 0.3) is 0 Å². The number of hydrogen-bond donors (Lipinski definition) is 1. The van der Waals surface area contributed by atoms with E-state index in [1.165, 1.54) is 13.2 Å². The summed E-state index contributed by atoms with van der Waals surface area (Å²) < 4.78 is 24.3. The largest absolute Gasteiger partial charge is 0.497 e. The summed E-state index contributed by atoms with van der Waals surface area (Å²) >= 11 is 0. The van der Waals surface area contributed by atoms with Gasteiger partial charge in [0.05, 0.1) is 13.2 Å². The average molecular weight is 276 g/mol. The predicted molar refractivity (Wildman–Crippen MR) is 74.3 cm³/mol. The summed E-state index contributed by atoms with van der Waals surface area (Å²) in [5, 5.41) is 0. The highest BCUT2D eigenvalue weighted by Gasteiger charge is 2.13. The minimum Gasteiger partial charge on any atom is -0.497 e. The summed E-state index contributed by atoms with van der Waals surface area (Å²) in [4.78, 5) is 4.20. The van der Waals surface area contributed by atoms with Crippen molar-refractivity contribution >= 4 is 0 Å². The number of nitrogens with zero attached hydrogens (tertiary/aromatic N) is 1. The number of aryl methyl sites for hydroxylation is 1. The van der Waals surface area contributed by atoms with E-state index in [2.05, 4.69) is 4.98 Å². The number of nitrogens with two attached hydrogens (primary N) is 1. The van der Waals surface area contributed by atoms with E-state index >= 15 is 0 Å². The molecule has 0 radical (unpaired) electrons. The standard InChI is InChI=1S/C15H17FN2O2/c1-10-4-3-5-15(18-10)20-9-14(17)12-7-6-11(19-2)8-13(12)16/h3-8,14H,9,17H2,1-2H3. The molecule has 0 saturated heterocycles. The fourth-order valence-electron chi connectivity index (χ4n) is 1.80. The lowest BCUT2D eigenvalue weighted by atomic mass is 10.1. The topological polar surface area (TPSA) is 57.4 Å². The first kappa shape index (κ1) is 14.3. The van der Waals surface area contributed by atoms with Crippen molar-refractivity contribution < 1.29 is 13.9 Å². The molecule has 1 aromatic heterocycles. The van der Waals surface area contributed by atoms with Gasteiger partial charge in [0.1, 0.15) is 18.2 Å². The minimum absolute atomic E-state index is 0.152. The molecule has 20 heavy (non-hydrogen) atoms. The van der Waals surface area contributed by atoms with Gasteiger partial charge < -0.3 is 15.2 Å². The smallest absolute Gasteiger partial charge is 0.213 e. The predicted octanol–water partition coefficient (Wildman–Crippen LogP) is 2.62. The van der Waals surface area contributed by atoms with Gasteiger partial charge in [0, 0.05) is 23.4 Å². The van der Waals surface area contributed by atoms with Crippen LogP contribution in [0, 0.1) is 12.7 Å². The zero-order valence-corrected chi connectivity index (χ0v) is 11.5. The van der Waals surface area contributed by atoms with E-state index in [9.17, 15) is 4.39 Å². The second kappa shape index (κ2) is 6.34. The number of halogens is 1. The molecule has 0 amide bonds. The Bertz CT molecular complexity index is 590. The SMILES string of the molecule is COc1ccc(C(N)COc2cccc(C)n2)c(F)c1. The molecule has 0 aliphatic rings. The molecule has 0 aliphatic heterocycles. The van der Waals surface area contributed by atoms with Gasteiger partial charge in [-0.05, 0) is 19.1 Å². The summed E-state index contributed by atoms with van der Waals surface area (Å²) in [5.74, 6) is 0.534. The van der Waals surface area contributed by atoms with Crippen molar-refractivity contribution in [1.29, 1.82) is 0 Å². The van der Waals surface area contributed by atoms with Crippen molar-refractivity contribution in [2.45, 2.75) is 13.0 Å². The van der Waals surface area contributed by atoms with Crippen LogP contribution in [0.4, 0.5) is 4.39 Å². The third kappa shape index (κ3) is 3.45. The number of rotatable bonds is 5. The Morgan fingerprint density at radius 3 is 2.75 bits per heavy atom. The number of pyridine rings is 1. The zero-order valence-electron chi connectivity index (χ0n) is 11.5. The number of aromatic nitrogens is 1. The maximum absolute atomic E-state index is 13.8. The second-order valence-electron chi connectivity index (χ2n) is 4.42. The molecule has 0 bridgehead atoms. The number of hydrogen-bond acceptors (Lipinski definition) is 4. The number of methoxy groups -OCH3 is 1. The van der Waals surface area contributed by atoms with Gasteiger partial charge in [-0.1, -0.05) is 12.1 Å². The Labute approximate surface area is 117 Å². The van der Waals surface area contributed by atoms with Crippen molar-refractivity contribution in [3.05, 3.63) is 53.5 Å². The van der Waals surface area contributed by atoms with Crippen molar-refractivity contribution in [3.8, 4) is 11.6 Å². The normalized spacial score (nSPS) is 12.0. The summed E-state index contributed by atoms with van der Waals surface area (Å²) in [5.41, 5.74) is 7.18. The van der Waals surface area contributed by atoms with Crippen molar-refractivity contribution in [1.82, 2.24) is 4.98 Å². The van der Waals surface area contributed by atoms with Crippen molar-refractivity contribution in [2.24, 2.45) is 5.73 Å². The average Bonchev–Trinajstić information content (AvgIpc) is 2.44. The molecule has 2 N–H and O–H groups in total. The van der Waals surface area contributed by atoms with Crippen LogP contribution in [0.15, 0.2) is 36.4 Å². The Morgan fingerprint density at radius 1 is 1.30 bits per heavy atom. The lowest BCUT2D eigenvalue weighted by Gasteiger charge is -2.14. The first-order valence-electron chi connectivity index (χ1n) is 6.25. The van der Waals surface area contributed by atoms with Crippen LogP contribution in [0.1, 0.15) is 17.3 Å². The molecular formula is C15H17FN2O2. The van der Waals surface area contributed by atoms with Crippen LogP contribution >= 0.6 is 0 Å². The highest BCUT2D eigenvalue weighted by molar-refractivity contribution is 5.30. The molecule has 1 aromatic carbocycles. The second-order valence-corrected chi connectivity index (χ2v) is 4.42. The van der Waals surface area contributed by atoms with Crippen LogP contribution in [0.5, 0.6) is 11.6 Å². The molecule has 4 nitrogen and oxygen atoms in total. The maximum atomic E-state index is 13.8. The van der Waals surface area contributed by atoms with Crippen LogP contribution < -0.4 is 15.2 Å². The fourth-order valence-corrected chi connectivity index (χ4v) is 1.80. The Balaban J connectivity index is 2.03. The highest BCUT2D eigenvalue weighted by atomic mass is 19.1. The lowest BCUT2D eigenvalue weighted by molar-refractivity contribution is 0.276. The van der Waals surface area contributed by atoms with Crippen LogP contribution in [-0.2, 0) is 0 Å². The Hall–Kier alpha value is -2.14. The molecule has 0 fully saturated rings. The molecular weight excluding hydrogens is 259 g/mol. The van der Waals surface area contributed by atoms with Crippen molar-refractivity contribution in [3.63, 3.8) is 0 Å². The first-order valence-corrected chi connectivity index (χ1v) is 6.25. The van der Waals surface area contributed by atoms with E-state index in [-0.39, 0.29) is 6.61 Å². The van der Waals surface area contributed by atoms with Crippen LogP contribution in [0.25, 0.3) is 0 Å². The van der Waals surface area contributed by atoms with Gasteiger partial charge in [0.2, 0.25) is 5.88 Å². The van der Waals surface area contributed by atoms with Crippen LogP contribution in [-0.4, -0.2) is 18.7 Å². The van der Waals surface area contributed by atoms with Gasteiger partial charge >= 0.3 is 0 Å². The summed E-state index contributed by atoms with van der Waals surface area (Å²) in [6.07, 6.45) is 0. The minimum atomic E-state index is -0.566. The molecule has 5 heteroatoms.